The third kappa shape index (κ3) is 3.20. The molecule has 116 valence electrons. The average molecular weight is 298 g/mol. The smallest absolute Gasteiger partial charge is 0.225 e. The monoisotopic (exact) mass is 298 g/mol. The number of anilines is 1. The maximum absolute atomic E-state index is 10.1. The van der Waals surface area contributed by atoms with Crippen LogP contribution in [0.15, 0.2) is 30.6 Å². The van der Waals surface area contributed by atoms with Crippen molar-refractivity contribution in [2.24, 2.45) is 0 Å². The molecule has 0 atom stereocenters. The number of aromatic nitrogens is 2. The van der Waals surface area contributed by atoms with Gasteiger partial charge in [-0.3, -0.25) is 4.90 Å². The highest BCUT2D eigenvalue weighted by Crippen LogP contribution is 2.24. The van der Waals surface area contributed by atoms with Crippen LogP contribution in [0.25, 0.3) is 0 Å². The normalized spacial score (nSPS) is 16.0. The van der Waals surface area contributed by atoms with Gasteiger partial charge in [0, 0.05) is 50.7 Å². The molecule has 1 fully saturated rings. The fourth-order valence-corrected chi connectivity index (χ4v) is 2.79. The molecule has 0 unspecified atom stereocenters. The van der Waals surface area contributed by atoms with Crippen molar-refractivity contribution in [3.63, 3.8) is 0 Å². The van der Waals surface area contributed by atoms with Gasteiger partial charge < -0.3 is 10.0 Å². The van der Waals surface area contributed by atoms with Crippen molar-refractivity contribution in [1.82, 2.24) is 14.9 Å². The van der Waals surface area contributed by atoms with E-state index in [2.05, 4.69) is 32.8 Å². The van der Waals surface area contributed by atoms with Gasteiger partial charge in [0.05, 0.1) is 0 Å². The lowest BCUT2D eigenvalue weighted by molar-refractivity contribution is 0.245. The Kier molecular flexibility index (Phi) is 4.24. The van der Waals surface area contributed by atoms with E-state index in [1.54, 1.807) is 12.4 Å². The molecule has 1 saturated heterocycles. The number of rotatable bonds is 3. The van der Waals surface area contributed by atoms with E-state index in [-0.39, 0.29) is 0 Å². The van der Waals surface area contributed by atoms with Crippen LogP contribution in [0, 0.1) is 13.8 Å². The first-order valence-corrected chi connectivity index (χ1v) is 7.67. The summed E-state index contributed by atoms with van der Waals surface area (Å²) in [5.41, 5.74) is 3.36. The summed E-state index contributed by atoms with van der Waals surface area (Å²) >= 11 is 0. The minimum Gasteiger partial charge on any atom is -0.508 e. The molecular weight excluding hydrogens is 276 g/mol. The van der Waals surface area contributed by atoms with E-state index in [4.69, 9.17) is 0 Å². The molecule has 1 aromatic carbocycles. The lowest BCUT2D eigenvalue weighted by atomic mass is 10.0. The van der Waals surface area contributed by atoms with Gasteiger partial charge in [-0.25, -0.2) is 9.97 Å². The largest absolute Gasteiger partial charge is 0.508 e. The van der Waals surface area contributed by atoms with Crippen molar-refractivity contribution in [3.8, 4) is 5.75 Å². The minimum absolute atomic E-state index is 0.400. The molecular formula is C17H22N4O. The highest BCUT2D eigenvalue weighted by molar-refractivity contribution is 5.41. The highest BCUT2D eigenvalue weighted by atomic mass is 16.3. The molecule has 0 saturated carbocycles. The van der Waals surface area contributed by atoms with Crippen molar-refractivity contribution in [2.45, 2.75) is 20.4 Å². The van der Waals surface area contributed by atoms with Crippen LogP contribution in [0.1, 0.15) is 16.7 Å². The Labute approximate surface area is 131 Å². The number of aryl methyl sites for hydroxylation is 2. The number of hydrogen-bond donors (Lipinski definition) is 1. The van der Waals surface area contributed by atoms with Crippen LogP contribution >= 0.6 is 0 Å². The van der Waals surface area contributed by atoms with Crippen molar-refractivity contribution in [3.05, 3.63) is 47.3 Å². The number of nitrogens with zero attached hydrogens (tertiary/aromatic N) is 4. The third-order valence-electron chi connectivity index (χ3n) is 4.30. The van der Waals surface area contributed by atoms with E-state index in [1.807, 2.05) is 19.1 Å². The zero-order valence-electron chi connectivity index (χ0n) is 13.2. The van der Waals surface area contributed by atoms with Crippen LogP contribution in [0.5, 0.6) is 5.75 Å². The maximum atomic E-state index is 10.1. The highest BCUT2D eigenvalue weighted by Gasteiger charge is 2.19. The molecule has 1 N–H and O–H groups in total. The predicted molar refractivity (Wildman–Crippen MR) is 87.1 cm³/mol. The molecule has 1 aromatic heterocycles. The van der Waals surface area contributed by atoms with Gasteiger partial charge >= 0.3 is 0 Å². The summed E-state index contributed by atoms with van der Waals surface area (Å²) in [6.45, 7) is 8.62. The molecule has 5 nitrogen and oxygen atoms in total. The first kappa shape index (κ1) is 14.8. The van der Waals surface area contributed by atoms with Gasteiger partial charge in [-0.05, 0) is 37.1 Å². The number of piperazine rings is 1. The van der Waals surface area contributed by atoms with Gasteiger partial charge in [-0.1, -0.05) is 6.07 Å². The van der Waals surface area contributed by atoms with Crippen molar-refractivity contribution < 1.29 is 5.11 Å². The SMILES string of the molecule is Cc1cc(O)c(CN2CCN(c3ncccn3)CC2)cc1C. The van der Waals surface area contributed by atoms with E-state index in [0.717, 1.165) is 49.8 Å². The van der Waals surface area contributed by atoms with Crippen molar-refractivity contribution in [2.75, 3.05) is 31.1 Å². The van der Waals surface area contributed by atoms with Crippen LogP contribution in [-0.4, -0.2) is 46.2 Å². The summed E-state index contributed by atoms with van der Waals surface area (Å²) < 4.78 is 0. The average Bonchev–Trinajstić information content (AvgIpc) is 2.54. The summed E-state index contributed by atoms with van der Waals surface area (Å²) in [5.74, 6) is 1.20. The fraction of sp³-hybridized carbons (Fsp3) is 0.412. The number of aromatic hydroxyl groups is 1. The van der Waals surface area contributed by atoms with Crippen LogP contribution < -0.4 is 4.90 Å². The Morgan fingerprint density at radius 2 is 1.64 bits per heavy atom. The van der Waals surface area contributed by atoms with Gasteiger partial charge in [0.2, 0.25) is 5.95 Å². The van der Waals surface area contributed by atoms with E-state index in [1.165, 1.54) is 5.56 Å². The third-order valence-corrected chi connectivity index (χ3v) is 4.30. The second-order valence-electron chi connectivity index (χ2n) is 5.88. The second kappa shape index (κ2) is 6.32. The number of benzene rings is 1. The topological polar surface area (TPSA) is 52.5 Å². The second-order valence-corrected chi connectivity index (χ2v) is 5.88. The van der Waals surface area contributed by atoms with E-state index in [9.17, 15) is 5.11 Å². The van der Waals surface area contributed by atoms with Gasteiger partial charge in [-0.15, -0.1) is 0 Å². The zero-order chi connectivity index (χ0) is 15.5. The molecule has 0 spiro atoms. The molecule has 0 radical (unpaired) electrons. The Morgan fingerprint density at radius 3 is 2.32 bits per heavy atom. The molecule has 2 heterocycles. The summed E-state index contributed by atoms with van der Waals surface area (Å²) in [6.07, 6.45) is 3.56. The van der Waals surface area contributed by atoms with Crippen molar-refractivity contribution in [1.29, 1.82) is 0 Å². The zero-order valence-corrected chi connectivity index (χ0v) is 13.2. The molecule has 3 rings (SSSR count). The molecule has 0 bridgehead atoms. The molecule has 0 aliphatic carbocycles. The Morgan fingerprint density at radius 1 is 1.00 bits per heavy atom. The molecule has 5 heteroatoms. The van der Waals surface area contributed by atoms with Gasteiger partial charge in [-0.2, -0.15) is 0 Å². The Hall–Kier alpha value is -2.14. The quantitative estimate of drug-likeness (QED) is 0.940. The van der Waals surface area contributed by atoms with E-state index >= 15 is 0 Å². The predicted octanol–water partition coefficient (Wildman–Crippen LogP) is 2.12. The van der Waals surface area contributed by atoms with Gasteiger partial charge in [0.15, 0.2) is 0 Å². The molecule has 2 aromatic rings. The van der Waals surface area contributed by atoms with Gasteiger partial charge in [0.1, 0.15) is 5.75 Å². The minimum atomic E-state index is 0.400. The first-order valence-electron chi connectivity index (χ1n) is 7.67. The number of hydrogen-bond acceptors (Lipinski definition) is 5. The maximum Gasteiger partial charge on any atom is 0.225 e. The lowest BCUT2D eigenvalue weighted by Crippen LogP contribution is -2.46. The van der Waals surface area contributed by atoms with Crippen LogP contribution in [0.3, 0.4) is 0 Å². The standard InChI is InChI=1S/C17H22N4O/c1-13-10-15(16(22)11-14(13)2)12-20-6-8-21(9-7-20)17-18-4-3-5-19-17/h3-5,10-11,22H,6-9,12H2,1-2H3. The summed E-state index contributed by atoms with van der Waals surface area (Å²) in [5, 5.41) is 10.1. The van der Waals surface area contributed by atoms with E-state index in [0.29, 0.717) is 5.75 Å². The Balaban J connectivity index is 1.62. The summed E-state index contributed by atoms with van der Waals surface area (Å²) in [6, 6.07) is 5.79. The fourth-order valence-electron chi connectivity index (χ4n) is 2.79. The number of phenolic OH excluding ortho intramolecular Hbond substituents is 1. The number of phenols is 1. The molecule has 0 amide bonds. The van der Waals surface area contributed by atoms with Crippen LogP contribution in [-0.2, 0) is 6.54 Å². The lowest BCUT2D eigenvalue weighted by Gasteiger charge is -2.34. The summed E-state index contributed by atoms with van der Waals surface area (Å²) in [7, 11) is 0. The van der Waals surface area contributed by atoms with Crippen LogP contribution in [0.4, 0.5) is 5.95 Å². The molecule has 22 heavy (non-hydrogen) atoms. The molecule has 1 aliphatic heterocycles. The van der Waals surface area contributed by atoms with E-state index < -0.39 is 0 Å². The summed E-state index contributed by atoms with van der Waals surface area (Å²) in [4.78, 5) is 13.2. The van der Waals surface area contributed by atoms with Gasteiger partial charge in [0.25, 0.3) is 0 Å². The van der Waals surface area contributed by atoms with Crippen LogP contribution in [0.2, 0.25) is 0 Å². The first-order chi connectivity index (χ1) is 10.6. The Bertz CT molecular complexity index is 637. The van der Waals surface area contributed by atoms with Crippen molar-refractivity contribution >= 4 is 5.95 Å². The molecule has 1 aliphatic rings.